The summed E-state index contributed by atoms with van der Waals surface area (Å²) in [5.74, 6) is 0.499. The van der Waals surface area contributed by atoms with Gasteiger partial charge in [-0.15, -0.1) is 10.2 Å². The van der Waals surface area contributed by atoms with Crippen molar-refractivity contribution in [2.24, 2.45) is 0 Å². The molecule has 3 heterocycles. The zero-order valence-corrected chi connectivity index (χ0v) is 17.6. The number of carbonyl (C=O) groups is 1. The van der Waals surface area contributed by atoms with Crippen LogP contribution >= 0.6 is 0 Å². The van der Waals surface area contributed by atoms with E-state index in [1.807, 2.05) is 30.3 Å². The quantitative estimate of drug-likeness (QED) is 0.427. The van der Waals surface area contributed by atoms with Crippen LogP contribution in [0.5, 0.6) is 5.75 Å². The Morgan fingerprint density at radius 2 is 2.09 bits per heavy atom. The lowest BCUT2D eigenvalue weighted by Crippen LogP contribution is -2.19. The van der Waals surface area contributed by atoms with E-state index in [0.29, 0.717) is 48.2 Å². The zero-order valence-electron chi connectivity index (χ0n) is 17.6. The molecule has 2 aromatic carbocycles. The number of hydrogen-bond acceptors (Lipinski definition) is 7. The van der Waals surface area contributed by atoms with E-state index in [9.17, 15) is 9.18 Å². The number of carbonyl (C=O) groups excluding carboxylic acids is 1. The van der Waals surface area contributed by atoms with Gasteiger partial charge in [0, 0.05) is 24.1 Å². The van der Waals surface area contributed by atoms with Gasteiger partial charge in [-0.1, -0.05) is 30.3 Å². The number of fused-ring (bicyclic) bond motifs is 2. The van der Waals surface area contributed by atoms with Crippen molar-refractivity contribution < 1.29 is 18.7 Å². The van der Waals surface area contributed by atoms with E-state index in [1.54, 1.807) is 10.5 Å². The van der Waals surface area contributed by atoms with Crippen LogP contribution < -0.4 is 15.4 Å². The average Bonchev–Trinajstić information content (AvgIpc) is 3.50. The second-order valence-electron chi connectivity index (χ2n) is 7.50. The predicted octanol–water partition coefficient (Wildman–Crippen LogP) is 2.97. The molecule has 0 radical (unpaired) electrons. The first kappa shape index (κ1) is 20.8. The van der Waals surface area contributed by atoms with Crippen LogP contribution in [-0.4, -0.2) is 38.7 Å². The standard InChI is InChI=1S/C23H21FN6O3/c24-18-6-7-20-16(8-9-33-20)17(18)10-25-23-26-11-19(22-29-27-14-30(22)23)28-21(31)13-32-12-15-4-2-1-3-5-15/h1-7,11,14H,8-10,12-13H2,(H,25,26)(H,28,31). The van der Waals surface area contributed by atoms with Crippen LogP contribution in [0.4, 0.5) is 16.0 Å². The number of rotatable bonds is 8. The van der Waals surface area contributed by atoms with Gasteiger partial charge in [0.1, 0.15) is 30.2 Å². The van der Waals surface area contributed by atoms with Gasteiger partial charge in [-0.3, -0.25) is 4.79 Å². The molecule has 0 saturated carbocycles. The van der Waals surface area contributed by atoms with E-state index >= 15 is 0 Å². The number of nitrogens with one attached hydrogen (secondary N) is 2. The van der Waals surface area contributed by atoms with Crippen molar-refractivity contribution in [2.75, 3.05) is 23.8 Å². The summed E-state index contributed by atoms with van der Waals surface area (Å²) < 4.78 is 27.0. The zero-order chi connectivity index (χ0) is 22.6. The summed E-state index contributed by atoms with van der Waals surface area (Å²) in [6.07, 6.45) is 3.62. The van der Waals surface area contributed by atoms with Gasteiger partial charge in [-0.2, -0.15) is 0 Å². The van der Waals surface area contributed by atoms with E-state index in [2.05, 4.69) is 25.8 Å². The topological polar surface area (TPSA) is 103 Å². The van der Waals surface area contributed by atoms with Gasteiger partial charge in [-0.25, -0.2) is 13.8 Å². The van der Waals surface area contributed by atoms with E-state index < -0.39 is 0 Å². The molecule has 9 nitrogen and oxygen atoms in total. The molecule has 0 spiro atoms. The molecule has 0 saturated heterocycles. The maximum atomic E-state index is 14.4. The highest BCUT2D eigenvalue weighted by Gasteiger charge is 2.20. The van der Waals surface area contributed by atoms with Gasteiger partial charge in [0.15, 0.2) is 5.65 Å². The minimum Gasteiger partial charge on any atom is -0.493 e. The minimum absolute atomic E-state index is 0.115. The van der Waals surface area contributed by atoms with Crippen molar-refractivity contribution in [1.29, 1.82) is 0 Å². The fourth-order valence-corrected chi connectivity index (χ4v) is 3.73. The van der Waals surface area contributed by atoms with Crippen LogP contribution in [0.3, 0.4) is 0 Å². The predicted molar refractivity (Wildman–Crippen MR) is 118 cm³/mol. The van der Waals surface area contributed by atoms with E-state index in [4.69, 9.17) is 9.47 Å². The van der Waals surface area contributed by atoms with Gasteiger partial charge in [0.25, 0.3) is 5.91 Å². The third kappa shape index (κ3) is 4.46. The first-order valence-electron chi connectivity index (χ1n) is 10.5. The highest BCUT2D eigenvalue weighted by atomic mass is 19.1. The highest BCUT2D eigenvalue weighted by molar-refractivity contribution is 5.95. The van der Waals surface area contributed by atoms with Crippen LogP contribution in [0.25, 0.3) is 5.65 Å². The third-order valence-electron chi connectivity index (χ3n) is 5.32. The Labute approximate surface area is 188 Å². The minimum atomic E-state index is -0.333. The van der Waals surface area contributed by atoms with Gasteiger partial charge in [0.2, 0.25) is 5.95 Å². The number of amides is 1. The van der Waals surface area contributed by atoms with Crippen molar-refractivity contribution in [2.45, 2.75) is 19.6 Å². The van der Waals surface area contributed by atoms with Crippen LogP contribution in [0.2, 0.25) is 0 Å². The second kappa shape index (κ2) is 9.21. The molecule has 1 amide bonds. The highest BCUT2D eigenvalue weighted by Crippen LogP contribution is 2.30. The lowest BCUT2D eigenvalue weighted by molar-refractivity contribution is -0.121. The lowest BCUT2D eigenvalue weighted by Gasteiger charge is -2.13. The molecule has 168 valence electrons. The van der Waals surface area contributed by atoms with Crippen LogP contribution in [0, 0.1) is 5.82 Å². The molecule has 2 N–H and O–H groups in total. The summed E-state index contributed by atoms with van der Waals surface area (Å²) in [6.45, 7) is 0.983. The molecule has 2 aromatic heterocycles. The molecule has 0 unspecified atom stereocenters. The molecule has 1 aliphatic heterocycles. The van der Waals surface area contributed by atoms with Crippen LogP contribution in [0.1, 0.15) is 16.7 Å². The number of halogens is 1. The van der Waals surface area contributed by atoms with Crippen LogP contribution in [0.15, 0.2) is 55.0 Å². The molecule has 0 aliphatic carbocycles. The van der Waals surface area contributed by atoms with Crippen molar-refractivity contribution >= 4 is 23.2 Å². The number of ether oxygens (including phenoxy) is 2. The van der Waals surface area contributed by atoms with Crippen molar-refractivity contribution in [3.63, 3.8) is 0 Å². The summed E-state index contributed by atoms with van der Waals surface area (Å²) in [4.78, 5) is 16.7. The fourth-order valence-electron chi connectivity index (χ4n) is 3.73. The Hall–Kier alpha value is -4.05. The molecular weight excluding hydrogens is 427 g/mol. The van der Waals surface area contributed by atoms with Gasteiger partial charge in [0.05, 0.1) is 19.4 Å². The Bertz CT molecular complexity index is 1290. The first-order chi connectivity index (χ1) is 16.2. The monoisotopic (exact) mass is 448 g/mol. The van der Waals surface area contributed by atoms with Gasteiger partial charge < -0.3 is 20.1 Å². The van der Waals surface area contributed by atoms with Crippen molar-refractivity contribution in [3.8, 4) is 5.75 Å². The lowest BCUT2D eigenvalue weighted by atomic mass is 10.0. The molecule has 10 heteroatoms. The maximum absolute atomic E-state index is 14.4. The molecular formula is C23H21FN6O3. The van der Waals surface area contributed by atoms with Crippen molar-refractivity contribution in [1.82, 2.24) is 19.6 Å². The summed E-state index contributed by atoms with van der Waals surface area (Å²) in [7, 11) is 0. The Morgan fingerprint density at radius 1 is 1.21 bits per heavy atom. The van der Waals surface area contributed by atoms with Gasteiger partial charge in [-0.05, 0) is 17.7 Å². The number of aromatic nitrogens is 4. The smallest absolute Gasteiger partial charge is 0.250 e. The van der Waals surface area contributed by atoms with E-state index in [0.717, 1.165) is 11.1 Å². The number of benzene rings is 2. The SMILES string of the molecule is O=C(COCc1ccccc1)Nc1cnc(NCc2c(F)ccc3c2CCO3)n2cnnc12. The molecule has 0 bridgehead atoms. The fraction of sp³-hybridized carbons (Fsp3) is 0.217. The van der Waals surface area contributed by atoms with E-state index in [-0.39, 0.29) is 24.9 Å². The summed E-state index contributed by atoms with van der Waals surface area (Å²) in [6, 6.07) is 12.7. The average molecular weight is 448 g/mol. The second-order valence-corrected chi connectivity index (χ2v) is 7.50. The van der Waals surface area contributed by atoms with Gasteiger partial charge >= 0.3 is 0 Å². The molecule has 0 atom stereocenters. The Morgan fingerprint density at radius 3 is 2.97 bits per heavy atom. The summed E-state index contributed by atoms with van der Waals surface area (Å²) in [5, 5.41) is 13.9. The normalized spacial score (nSPS) is 12.4. The Balaban J connectivity index is 1.25. The Kier molecular flexibility index (Phi) is 5.81. The summed E-state index contributed by atoms with van der Waals surface area (Å²) >= 11 is 0. The number of anilines is 2. The molecule has 33 heavy (non-hydrogen) atoms. The maximum Gasteiger partial charge on any atom is 0.250 e. The first-order valence-corrected chi connectivity index (χ1v) is 10.5. The number of hydrogen-bond donors (Lipinski definition) is 2. The van der Waals surface area contributed by atoms with Crippen LogP contribution in [-0.2, 0) is 29.1 Å². The third-order valence-corrected chi connectivity index (χ3v) is 5.32. The number of nitrogens with zero attached hydrogens (tertiary/aromatic N) is 4. The van der Waals surface area contributed by atoms with Crippen molar-refractivity contribution in [3.05, 3.63) is 77.5 Å². The molecule has 4 aromatic rings. The largest absolute Gasteiger partial charge is 0.493 e. The molecule has 5 rings (SSSR count). The summed E-state index contributed by atoms with van der Waals surface area (Å²) in [5.41, 5.74) is 3.19. The molecule has 1 aliphatic rings. The van der Waals surface area contributed by atoms with E-state index in [1.165, 1.54) is 18.6 Å². The molecule has 0 fully saturated rings.